The number of methoxy groups -OCH3 is 1. The fourth-order valence-electron chi connectivity index (χ4n) is 3.02. The van der Waals surface area contributed by atoms with Crippen molar-refractivity contribution in [3.8, 4) is 0 Å². The van der Waals surface area contributed by atoms with Gasteiger partial charge in [-0.15, -0.1) is 10.2 Å². The first kappa shape index (κ1) is 14.0. The first-order valence-electron chi connectivity index (χ1n) is 7.28. The summed E-state index contributed by atoms with van der Waals surface area (Å²) in [6.07, 6.45) is 5.25. The molecule has 1 saturated heterocycles. The summed E-state index contributed by atoms with van der Waals surface area (Å²) in [4.78, 5) is 13.9. The van der Waals surface area contributed by atoms with E-state index >= 15 is 0 Å². The molecule has 3 rings (SSSR count). The van der Waals surface area contributed by atoms with Crippen molar-refractivity contribution < 1.29 is 9.53 Å². The van der Waals surface area contributed by atoms with Crippen molar-refractivity contribution in [2.45, 2.75) is 19.3 Å². The van der Waals surface area contributed by atoms with Crippen LogP contribution in [0.15, 0.2) is 18.3 Å². The Morgan fingerprint density at radius 1 is 1.48 bits per heavy atom. The summed E-state index contributed by atoms with van der Waals surface area (Å²) < 4.78 is 6.68. The molecule has 6 heteroatoms. The Morgan fingerprint density at radius 3 is 3.10 bits per heavy atom. The molecule has 0 aliphatic carbocycles. The number of fused-ring (bicyclic) bond motifs is 1. The molecule has 1 aliphatic heterocycles. The number of aromatic nitrogens is 3. The highest BCUT2D eigenvalue weighted by Crippen LogP contribution is 2.19. The van der Waals surface area contributed by atoms with Crippen molar-refractivity contribution in [3.63, 3.8) is 0 Å². The van der Waals surface area contributed by atoms with Crippen LogP contribution < -0.4 is 0 Å². The summed E-state index contributed by atoms with van der Waals surface area (Å²) in [5.41, 5.74) is 1.19. The predicted octanol–water partition coefficient (Wildman–Crippen LogP) is 1.40. The van der Waals surface area contributed by atoms with E-state index in [9.17, 15) is 4.79 Å². The maximum atomic E-state index is 11.5. The van der Waals surface area contributed by atoms with Gasteiger partial charge in [0.05, 0.1) is 12.7 Å². The van der Waals surface area contributed by atoms with E-state index in [2.05, 4.69) is 22.1 Å². The number of piperidine rings is 1. The molecule has 0 bridgehead atoms. The zero-order valence-corrected chi connectivity index (χ0v) is 12.5. The van der Waals surface area contributed by atoms with Crippen molar-refractivity contribution in [3.05, 3.63) is 29.7 Å². The van der Waals surface area contributed by atoms with E-state index in [1.54, 1.807) is 12.1 Å². The first-order chi connectivity index (χ1) is 10.2. The van der Waals surface area contributed by atoms with Crippen LogP contribution in [-0.4, -0.2) is 52.7 Å². The van der Waals surface area contributed by atoms with Crippen LogP contribution in [0.1, 0.15) is 29.0 Å². The van der Waals surface area contributed by atoms with E-state index in [0.29, 0.717) is 17.1 Å². The number of hydrogen-bond donors (Lipinski definition) is 0. The molecular weight excluding hydrogens is 268 g/mol. The van der Waals surface area contributed by atoms with Gasteiger partial charge in [0, 0.05) is 19.2 Å². The third-order valence-electron chi connectivity index (χ3n) is 4.09. The Balaban J connectivity index is 1.82. The number of esters is 1. The van der Waals surface area contributed by atoms with Crippen LogP contribution >= 0.6 is 0 Å². The summed E-state index contributed by atoms with van der Waals surface area (Å²) in [6.45, 7) is 2.29. The van der Waals surface area contributed by atoms with E-state index in [0.717, 1.165) is 18.8 Å². The average molecular weight is 288 g/mol. The van der Waals surface area contributed by atoms with Gasteiger partial charge < -0.3 is 9.64 Å². The first-order valence-corrected chi connectivity index (χ1v) is 7.28. The Kier molecular flexibility index (Phi) is 3.88. The van der Waals surface area contributed by atoms with Gasteiger partial charge in [-0.2, -0.15) is 0 Å². The standard InChI is InChI=1S/C15H20N4O2/c1-18-6-3-4-11(10-18)8-13-16-17-14-9-12(15(20)21-2)5-7-19(13)14/h5,7,9,11H,3-4,6,8,10H2,1-2H3. The van der Waals surface area contributed by atoms with Crippen LogP contribution in [0.2, 0.25) is 0 Å². The maximum Gasteiger partial charge on any atom is 0.338 e. The molecule has 1 unspecified atom stereocenters. The third kappa shape index (κ3) is 2.90. The average Bonchev–Trinajstić information content (AvgIpc) is 2.89. The highest BCUT2D eigenvalue weighted by molar-refractivity contribution is 5.90. The number of carbonyl (C=O) groups excluding carboxylic acids is 1. The van der Waals surface area contributed by atoms with Crippen LogP contribution in [0.5, 0.6) is 0 Å². The summed E-state index contributed by atoms with van der Waals surface area (Å²) in [7, 11) is 3.54. The summed E-state index contributed by atoms with van der Waals surface area (Å²) in [5.74, 6) is 1.23. The summed E-state index contributed by atoms with van der Waals surface area (Å²) >= 11 is 0. The fourth-order valence-corrected chi connectivity index (χ4v) is 3.02. The number of likely N-dealkylation sites (tertiary alicyclic amines) is 1. The van der Waals surface area contributed by atoms with Gasteiger partial charge in [0.1, 0.15) is 5.82 Å². The Morgan fingerprint density at radius 2 is 2.33 bits per heavy atom. The Bertz CT molecular complexity index is 652. The lowest BCUT2D eigenvalue weighted by Gasteiger charge is -2.29. The van der Waals surface area contributed by atoms with Crippen molar-refractivity contribution in [1.29, 1.82) is 0 Å². The van der Waals surface area contributed by atoms with Gasteiger partial charge >= 0.3 is 5.97 Å². The molecule has 0 saturated carbocycles. The van der Waals surface area contributed by atoms with Crippen LogP contribution in [-0.2, 0) is 11.2 Å². The summed E-state index contributed by atoms with van der Waals surface area (Å²) in [6, 6.07) is 3.47. The van der Waals surface area contributed by atoms with E-state index < -0.39 is 0 Å². The SMILES string of the molecule is COC(=O)c1ccn2c(CC3CCCN(C)C3)nnc2c1. The normalized spacial score (nSPS) is 19.8. The van der Waals surface area contributed by atoms with E-state index in [1.165, 1.54) is 26.5 Å². The number of ether oxygens (including phenoxy) is 1. The lowest BCUT2D eigenvalue weighted by atomic mass is 9.95. The molecule has 112 valence electrons. The van der Waals surface area contributed by atoms with Crippen molar-refractivity contribution in [2.75, 3.05) is 27.2 Å². The van der Waals surface area contributed by atoms with E-state index in [-0.39, 0.29) is 5.97 Å². The topological polar surface area (TPSA) is 59.7 Å². The molecule has 0 aromatic carbocycles. The second-order valence-corrected chi connectivity index (χ2v) is 5.73. The number of carbonyl (C=O) groups is 1. The van der Waals surface area contributed by atoms with E-state index in [4.69, 9.17) is 4.74 Å². The van der Waals surface area contributed by atoms with Gasteiger partial charge in [-0.25, -0.2) is 4.79 Å². The summed E-state index contributed by atoms with van der Waals surface area (Å²) in [5, 5.41) is 8.46. The van der Waals surface area contributed by atoms with Gasteiger partial charge in [-0.05, 0) is 44.5 Å². The zero-order valence-electron chi connectivity index (χ0n) is 12.5. The predicted molar refractivity (Wildman–Crippen MR) is 78.3 cm³/mol. The zero-order chi connectivity index (χ0) is 14.8. The number of nitrogens with zero attached hydrogens (tertiary/aromatic N) is 4. The molecular formula is C15H20N4O2. The van der Waals surface area contributed by atoms with Crippen LogP contribution in [0, 0.1) is 5.92 Å². The lowest BCUT2D eigenvalue weighted by molar-refractivity contribution is 0.0600. The Labute approximate surface area is 123 Å². The fraction of sp³-hybridized carbons (Fsp3) is 0.533. The number of rotatable bonds is 3. The van der Waals surface area contributed by atoms with Crippen LogP contribution in [0.4, 0.5) is 0 Å². The quantitative estimate of drug-likeness (QED) is 0.799. The van der Waals surface area contributed by atoms with Gasteiger partial charge in [0.2, 0.25) is 0 Å². The molecule has 21 heavy (non-hydrogen) atoms. The van der Waals surface area contributed by atoms with Gasteiger partial charge in [-0.1, -0.05) is 0 Å². The van der Waals surface area contributed by atoms with Gasteiger partial charge in [0.25, 0.3) is 0 Å². The van der Waals surface area contributed by atoms with Gasteiger partial charge in [-0.3, -0.25) is 4.40 Å². The van der Waals surface area contributed by atoms with E-state index in [1.807, 2.05) is 10.6 Å². The lowest BCUT2D eigenvalue weighted by Crippen LogP contribution is -2.33. The largest absolute Gasteiger partial charge is 0.465 e. The number of hydrogen-bond acceptors (Lipinski definition) is 5. The van der Waals surface area contributed by atoms with Gasteiger partial charge in [0.15, 0.2) is 5.65 Å². The molecule has 0 spiro atoms. The molecule has 2 aromatic heterocycles. The minimum atomic E-state index is -0.351. The molecule has 0 radical (unpaired) electrons. The van der Waals surface area contributed by atoms with Crippen LogP contribution in [0.3, 0.4) is 0 Å². The monoisotopic (exact) mass is 288 g/mol. The number of pyridine rings is 1. The second-order valence-electron chi connectivity index (χ2n) is 5.73. The maximum absolute atomic E-state index is 11.5. The Hall–Kier alpha value is -1.95. The molecule has 6 nitrogen and oxygen atoms in total. The smallest absolute Gasteiger partial charge is 0.338 e. The molecule has 1 fully saturated rings. The highest BCUT2D eigenvalue weighted by Gasteiger charge is 2.20. The van der Waals surface area contributed by atoms with Crippen molar-refractivity contribution in [2.24, 2.45) is 5.92 Å². The minimum absolute atomic E-state index is 0.351. The molecule has 1 aliphatic rings. The van der Waals surface area contributed by atoms with Crippen molar-refractivity contribution in [1.82, 2.24) is 19.5 Å². The van der Waals surface area contributed by atoms with Crippen LogP contribution in [0.25, 0.3) is 5.65 Å². The van der Waals surface area contributed by atoms with Crippen molar-refractivity contribution >= 4 is 11.6 Å². The highest BCUT2D eigenvalue weighted by atomic mass is 16.5. The molecule has 2 aromatic rings. The molecule has 0 amide bonds. The minimum Gasteiger partial charge on any atom is -0.465 e. The third-order valence-corrected chi connectivity index (χ3v) is 4.09. The molecule has 0 N–H and O–H groups in total. The second kappa shape index (κ2) is 5.81. The molecule has 1 atom stereocenters. The molecule has 3 heterocycles.